The van der Waals surface area contributed by atoms with E-state index in [0.717, 1.165) is 12.8 Å². The lowest BCUT2D eigenvalue weighted by Gasteiger charge is -2.16. The number of aliphatic imine (C=N–C) groups is 1. The highest BCUT2D eigenvalue weighted by atomic mass is 16.6. The zero-order valence-electron chi connectivity index (χ0n) is 11.4. The first-order valence-electron chi connectivity index (χ1n) is 6.55. The average Bonchev–Trinajstić information content (AvgIpc) is 2.96. The molecule has 0 aromatic heterocycles. The maximum atomic E-state index is 10.9. The van der Waals surface area contributed by atoms with E-state index in [2.05, 4.69) is 27.8 Å². The number of hydrogen-bond donors (Lipinski definition) is 2. The van der Waals surface area contributed by atoms with Crippen LogP contribution in [0, 0.1) is 10.1 Å². The monoisotopic (exact) mass is 274 g/mol. The molecule has 106 valence electrons. The van der Waals surface area contributed by atoms with Gasteiger partial charge in [0.15, 0.2) is 5.96 Å². The molecule has 0 bridgehead atoms. The predicted molar refractivity (Wildman–Crippen MR) is 78.6 cm³/mol. The molecule has 0 unspecified atom stereocenters. The van der Waals surface area contributed by atoms with Gasteiger partial charge in [-0.2, -0.15) is 0 Å². The first kappa shape index (κ1) is 14.0. The fourth-order valence-corrected chi connectivity index (χ4v) is 2.14. The Hall–Kier alpha value is -2.37. The number of para-hydroxylation sites is 1. The Morgan fingerprint density at radius 3 is 2.75 bits per heavy atom. The summed E-state index contributed by atoms with van der Waals surface area (Å²) in [6.07, 6.45) is 6.22. The van der Waals surface area contributed by atoms with Crippen LogP contribution in [0.1, 0.15) is 18.4 Å². The highest BCUT2D eigenvalue weighted by Crippen LogP contribution is 2.17. The zero-order chi connectivity index (χ0) is 14.4. The van der Waals surface area contributed by atoms with E-state index in [-0.39, 0.29) is 10.6 Å². The summed E-state index contributed by atoms with van der Waals surface area (Å²) in [7, 11) is 1.69. The zero-order valence-corrected chi connectivity index (χ0v) is 11.4. The van der Waals surface area contributed by atoms with E-state index in [1.807, 2.05) is 0 Å². The Balaban J connectivity index is 1.95. The van der Waals surface area contributed by atoms with Crippen molar-refractivity contribution in [3.05, 3.63) is 52.1 Å². The van der Waals surface area contributed by atoms with Crippen LogP contribution in [-0.4, -0.2) is 24.0 Å². The average molecular weight is 274 g/mol. The van der Waals surface area contributed by atoms with Crippen molar-refractivity contribution in [1.82, 2.24) is 10.6 Å². The SMILES string of the molecule is CN=C(NCc1ccccc1[N+](=O)[O-])NC1CC=CC1. The number of hydrogen-bond acceptors (Lipinski definition) is 3. The van der Waals surface area contributed by atoms with E-state index in [1.54, 1.807) is 25.2 Å². The van der Waals surface area contributed by atoms with Crippen LogP contribution in [0.2, 0.25) is 0 Å². The molecule has 1 aliphatic rings. The summed E-state index contributed by atoms with van der Waals surface area (Å²) in [5.74, 6) is 0.664. The first-order chi connectivity index (χ1) is 9.70. The first-order valence-corrected chi connectivity index (χ1v) is 6.55. The standard InChI is InChI=1S/C14H18N4O2/c1-15-14(17-12-7-3-4-8-12)16-10-11-6-2-5-9-13(11)18(19)20/h2-6,9,12H,7-8,10H2,1H3,(H2,15,16,17). The molecule has 0 spiro atoms. The minimum Gasteiger partial charge on any atom is -0.353 e. The number of nitrogens with zero attached hydrogens (tertiary/aromatic N) is 2. The minimum atomic E-state index is -0.367. The number of guanidine groups is 1. The van der Waals surface area contributed by atoms with Gasteiger partial charge in [-0.1, -0.05) is 30.4 Å². The lowest BCUT2D eigenvalue weighted by atomic mass is 10.2. The number of nitro benzene ring substituents is 1. The second kappa shape index (κ2) is 6.70. The highest BCUT2D eigenvalue weighted by molar-refractivity contribution is 5.80. The maximum Gasteiger partial charge on any atom is 0.274 e. The van der Waals surface area contributed by atoms with Gasteiger partial charge in [0.1, 0.15) is 0 Å². The lowest BCUT2D eigenvalue weighted by molar-refractivity contribution is -0.385. The molecular weight excluding hydrogens is 256 g/mol. The molecule has 1 aromatic carbocycles. The van der Waals surface area contributed by atoms with E-state index < -0.39 is 0 Å². The molecule has 0 fully saturated rings. The van der Waals surface area contributed by atoms with Gasteiger partial charge in [0, 0.05) is 31.3 Å². The molecule has 6 nitrogen and oxygen atoms in total. The molecule has 0 saturated carbocycles. The van der Waals surface area contributed by atoms with E-state index in [4.69, 9.17) is 0 Å². The second-order valence-electron chi connectivity index (χ2n) is 4.60. The Morgan fingerprint density at radius 2 is 2.10 bits per heavy atom. The molecule has 0 aliphatic heterocycles. The Morgan fingerprint density at radius 1 is 1.40 bits per heavy atom. The van der Waals surface area contributed by atoms with Gasteiger partial charge < -0.3 is 10.6 Å². The third kappa shape index (κ3) is 3.57. The van der Waals surface area contributed by atoms with Crippen molar-refractivity contribution < 1.29 is 4.92 Å². The molecule has 0 atom stereocenters. The molecule has 0 heterocycles. The fourth-order valence-electron chi connectivity index (χ4n) is 2.14. The van der Waals surface area contributed by atoms with Crippen molar-refractivity contribution >= 4 is 11.6 Å². The molecule has 0 saturated heterocycles. The predicted octanol–water partition coefficient (Wildman–Crippen LogP) is 1.98. The lowest BCUT2D eigenvalue weighted by Crippen LogP contribution is -2.42. The summed E-state index contributed by atoms with van der Waals surface area (Å²) in [5, 5.41) is 17.3. The van der Waals surface area contributed by atoms with Crippen LogP contribution < -0.4 is 10.6 Å². The largest absolute Gasteiger partial charge is 0.353 e. The molecule has 1 aliphatic carbocycles. The van der Waals surface area contributed by atoms with E-state index >= 15 is 0 Å². The summed E-state index contributed by atoms with van der Waals surface area (Å²) >= 11 is 0. The molecule has 2 rings (SSSR count). The van der Waals surface area contributed by atoms with Crippen LogP contribution in [0.5, 0.6) is 0 Å². The summed E-state index contributed by atoms with van der Waals surface area (Å²) in [4.78, 5) is 14.7. The molecule has 2 N–H and O–H groups in total. The van der Waals surface area contributed by atoms with Gasteiger partial charge in [0.2, 0.25) is 0 Å². The van der Waals surface area contributed by atoms with E-state index in [9.17, 15) is 10.1 Å². The molecule has 0 amide bonds. The molecular formula is C14H18N4O2. The number of rotatable bonds is 4. The van der Waals surface area contributed by atoms with Gasteiger partial charge in [-0.05, 0) is 12.8 Å². The Labute approximate surface area is 117 Å². The summed E-state index contributed by atoms with van der Waals surface area (Å²) in [6.45, 7) is 0.372. The van der Waals surface area contributed by atoms with Crippen LogP contribution in [-0.2, 0) is 6.54 Å². The van der Waals surface area contributed by atoms with Crippen molar-refractivity contribution in [2.45, 2.75) is 25.4 Å². The fraction of sp³-hybridized carbons (Fsp3) is 0.357. The van der Waals surface area contributed by atoms with Crippen LogP contribution in [0.4, 0.5) is 5.69 Å². The summed E-state index contributed by atoms with van der Waals surface area (Å²) < 4.78 is 0. The van der Waals surface area contributed by atoms with Gasteiger partial charge in [-0.3, -0.25) is 15.1 Å². The third-order valence-electron chi connectivity index (χ3n) is 3.21. The van der Waals surface area contributed by atoms with Crippen molar-refractivity contribution in [3.8, 4) is 0 Å². The van der Waals surface area contributed by atoms with Crippen LogP contribution in [0.25, 0.3) is 0 Å². The Bertz CT molecular complexity index is 532. The third-order valence-corrected chi connectivity index (χ3v) is 3.21. The van der Waals surface area contributed by atoms with Crippen molar-refractivity contribution in [2.75, 3.05) is 7.05 Å². The van der Waals surface area contributed by atoms with Gasteiger partial charge >= 0.3 is 0 Å². The number of benzene rings is 1. The van der Waals surface area contributed by atoms with E-state index in [1.165, 1.54) is 6.07 Å². The van der Waals surface area contributed by atoms with Crippen LogP contribution >= 0.6 is 0 Å². The van der Waals surface area contributed by atoms with Crippen molar-refractivity contribution in [3.63, 3.8) is 0 Å². The normalized spacial score (nSPS) is 15.3. The molecule has 20 heavy (non-hydrogen) atoms. The smallest absolute Gasteiger partial charge is 0.274 e. The molecule has 6 heteroatoms. The minimum absolute atomic E-state index is 0.123. The van der Waals surface area contributed by atoms with E-state index in [0.29, 0.717) is 24.1 Å². The van der Waals surface area contributed by atoms with Gasteiger partial charge in [-0.25, -0.2) is 0 Å². The molecule has 1 aromatic rings. The molecule has 0 radical (unpaired) electrons. The maximum absolute atomic E-state index is 10.9. The van der Waals surface area contributed by atoms with Crippen molar-refractivity contribution in [2.24, 2.45) is 4.99 Å². The van der Waals surface area contributed by atoms with Gasteiger partial charge in [0.25, 0.3) is 5.69 Å². The summed E-state index contributed by atoms with van der Waals surface area (Å²) in [5.41, 5.74) is 0.767. The van der Waals surface area contributed by atoms with Crippen molar-refractivity contribution in [1.29, 1.82) is 0 Å². The van der Waals surface area contributed by atoms with Gasteiger partial charge in [-0.15, -0.1) is 0 Å². The topological polar surface area (TPSA) is 79.6 Å². The highest BCUT2D eigenvalue weighted by Gasteiger charge is 2.14. The number of nitrogens with one attached hydrogen (secondary N) is 2. The quantitative estimate of drug-likeness (QED) is 0.289. The van der Waals surface area contributed by atoms with Crippen LogP contribution in [0.3, 0.4) is 0 Å². The Kier molecular flexibility index (Phi) is 4.70. The van der Waals surface area contributed by atoms with Crippen LogP contribution in [0.15, 0.2) is 41.4 Å². The number of nitro groups is 1. The second-order valence-corrected chi connectivity index (χ2v) is 4.60. The van der Waals surface area contributed by atoms with Gasteiger partial charge in [0.05, 0.1) is 4.92 Å². The summed E-state index contributed by atoms with van der Waals surface area (Å²) in [6, 6.07) is 7.07.